The van der Waals surface area contributed by atoms with Gasteiger partial charge in [-0.3, -0.25) is 14.0 Å². The molecular weight excluding hydrogens is 592 g/mol. The molecule has 7 N–H and O–H groups in total. The van der Waals surface area contributed by atoms with Gasteiger partial charge in [0.25, 0.3) is 0 Å². The number of anilines is 1. The molecule has 6 atom stereocenters. The van der Waals surface area contributed by atoms with Gasteiger partial charge in [-0.2, -0.15) is 5.10 Å². The van der Waals surface area contributed by atoms with Crippen molar-refractivity contribution in [2.24, 2.45) is 0 Å². The molecule has 0 radical (unpaired) electrons. The van der Waals surface area contributed by atoms with Gasteiger partial charge in [0.2, 0.25) is 0 Å². The first-order valence-electron chi connectivity index (χ1n) is 13.4. The first-order valence-corrected chi connectivity index (χ1v) is 17.0. The SMILES string of the molecule is Cc1nc(N[C@@H](CN2CCNCC2)c2ccccc2)c2cnn([C@@H]3O[C@H](COP(=O)(O)CP(=O)(O)O)[C@@H](O)[C@H]3O)c2n1. The van der Waals surface area contributed by atoms with Gasteiger partial charge >= 0.3 is 15.2 Å². The van der Waals surface area contributed by atoms with E-state index in [0.29, 0.717) is 22.7 Å². The second-order valence-corrected chi connectivity index (χ2v) is 14.4. The fourth-order valence-corrected chi connectivity index (χ4v) is 7.67. The number of aliphatic hydroxyl groups is 2. The second kappa shape index (κ2) is 12.7. The van der Waals surface area contributed by atoms with Crippen LogP contribution >= 0.6 is 15.2 Å². The molecule has 0 spiro atoms. The monoisotopic (exact) mass is 627 g/mol. The zero-order chi connectivity index (χ0) is 30.1. The Morgan fingerprint density at radius 2 is 1.83 bits per heavy atom. The number of aryl methyl sites for hydroxylation is 1. The summed E-state index contributed by atoms with van der Waals surface area (Å²) in [7, 11) is -9.53. The van der Waals surface area contributed by atoms with E-state index in [4.69, 9.17) is 19.0 Å². The number of benzene rings is 1. The summed E-state index contributed by atoms with van der Waals surface area (Å²) < 4.78 is 35.0. The summed E-state index contributed by atoms with van der Waals surface area (Å²) in [6.07, 6.45) is -4.06. The number of rotatable bonds is 11. The van der Waals surface area contributed by atoms with Crippen molar-refractivity contribution in [1.29, 1.82) is 0 Å². The molecule has 2 fully saturated rings. The number of nitrogens with one attached hydrogen (secondary N) is 2. The van der Waals surface area contributed by atoms with Crippen molar-refractivity contribution < 1.29 is 43.3 Å². The lowest BCUT2D eigenvalue weighted by Crippen LogP contribution is -2.45. The topological polar surface area (TPSA) is 225 Å². The van der Waals surface area contributed by atoms with Crippen LogP contribution in [0, 0.1) is 6.92 Å². The summed E-state index contributed by atoms with van der Waals surface area (Å²) in [5.41, 5.74) is 1.40. The molecule has 18 heteroatoms. The van der Waals surface area contributed by atoms with Crippen LogP contribution in [0.1, 0.15) is 23.7 Å². The van der Waals surface area contributed by atoms with E-state index in [2.05, 4.69) is 30.6 Å². The highest BCUT2D eigenvalue weighted by Crippen LogP contribution is 2.55. The number of hydrogen-bond acceptors (Lipinski definition) is 12. The Kier molecular flexibility index (Phi) is 9.42. The predicted molar refractivity (Wildman–Crippen MR) is 151 cm³/mol. The van der Waals surface area contributed by atoms with Gasteiger partial charge in [0.15, 0.2) is 17.8 Å². The average Bonchev–Trinajstić information content (AvgIpc) is 3.47. The summed E-state index contributed by atoms with van der Waals surface area (Å²) in [6, 6.07) is 9.90. The molecule has 230 valence electrons. The van der Waals surface area contributed by atoms with Crippen LogP contribution in [0.4, 0.5) is 5.82 Å². The molecule has 1 aromatic carbocycles. The van der Waals surface area contributed by atoms with Crippen molar-refractivity contribution >= 4 is 32.0 Å². The summed E-state index contributed by atoms with van der Waals surface area (Å²) in [5, 5.41) is 33.2. The Hall–Kier alpha value is -2.33. The number of aliphatic hydroxyl groups excluding tert-OH is 2. The lowest BCUT2D eigenvalue weighted by molar-refractivity contribution is -0.0541. The third-order valence-corrected chi connectivity index (χ3v) is 10.6. The minimum absolute atomic E-state index is 0.107. The highest BCUT2D eigenvalue weighted by molar-refractivity contribution is 7.70. The maximum absolute atomic E-state index is 12.0. The molecule has 2 saturated heterocycles. The Labute approximate surface area is 241 Å². The Balaban J connectivity index is 1.38. The molecule has 0 amide bonds. The van der Waals surface area contributed by atoms with Crippen LogP contribution in [0.2, 0.25) is 0 Å². The van der Waals surface area contributed by atoms with Gasteiger partial charge in [0.05, 0.1) is 24.2 Å². The van der Waals surface area contributed by atoms with Gasteiger partial charge in [0.1, 0.15) is 30.0 Å². The summed E-state index contributed by atoms with van der Waals surface area (Å²) in [4.78, 5) is 39.3. The molecule has 0 saturated carbocycles. The number of fused-ring (bicyclic) bond motifs is 1. The predicted octanol–water partition coefficient (Wildman–Crippen LogP) is 0.150. The highest BCUT2D eigenvalue weighted by Gasteiger charge is 2.46. The van der Waals surface area contributed by atoms with Crippen LogP contribution in [0.25, 0.3) is 11.0 Å². The lowest BCUT2D eigenvalue weighted by Gasteiger charge is -2.31. The molecule has 0 aliphatic carbocycles. The molecule has 4 heterocycles. The molecule has 2 aromatic heterocycles. The number of nitrogens with zero attached hydrogens (tertiary/aromatic N) is 5. The van der Waals surface area contributed by atoms with Crippen molar-refractivity contribution in [2.75, 3.05) is 50.6 Å². The van der Waals surface area contributed by atoms with E-state index < -0.39 is 52.2 Å². The molecule has 16 nitrogen and oxygen atoms in total. The Bertz CT molecular complexity index is 1470. The normalized spacial score (nSPS) is 25.9. The molecule has 2 aliphatic rings. The van der Waals surface area contributed by atoms with Crippen molar-refractivity contribution in [3.8, 4) is 0 Å². The molecule has 5 rings (SSSR count). The van der Waals surface area contributed by atoms with Crippen LogP contribution in [0.5, 0.6) is 0 Å². The average molecular weight is 628 g/mol. The molecule has 3 aromatic rings. The highest BCUT2D eigenvalue weighted by atomic mass is 31.2. The molecular formula is C24H35N7O9P2. The minimum atomic E-state index is -4.84. The first kappa shape index (κ1) is 31.1. The van der Waals surface area contributed by atoms with Crippen LogP contribution in [0.3, 0.4) is 0 Å². The van der Waals surface area contributed by atoms with Crippen LogP contribution < -0.4 is 10.6 Å². The van der Waals surface area contributed by atoms with Crippen molar-refractivity contribution in [2.45, 2.75) is 37.5 Å². The lowest BCUT2D eigenvalue weighted by atomic mass is 10.1. The standard InChI is InChI=1S/C24H35N7O9P2/c1-15-27-22(29-18(16-5-3-2-4-6-16)12-30-9-7-25-8-10-30)17-11-26-31(23(17)28-15)24-21(33)20(32)19(40-24)13-39-42(37,38)14-41(34,35)36/h2-6,11,18-21,24-25,32-33H,7-10,12-14H2,1H3,(H,37,38)(H,27,28,29)(H2,34,35,36)/t18-,19+,20+,21+,24+/m0/s1. The van der Waals surface area contributed by atoms with Gasteiger partial charge in [-0.15, -0.1) is 0 Å². The van der Waals surface area contributed by atoms with E-state index in [1.807, 2.05) is 30.3 Å². The van der Waals surface area contributed by atoms with E-state index in [1.165, 1.54) is 10.9 Å². The smallest absolute Gasteiger partial charge is 0.340 e. The second-order valence-electron chi connectivity index (χ2n) is 10.4. The van der Waals surface area contributed by atoms with Crippen molar-refractivity contribution in [1.82, 2.24) is 30.0 Å². The number of aromatic nitrogens is 4. The fraction of sp³-hybridized carbons (Fsp3) is 0.542. The molecule has 0 bridgehead atoms. The van der Waals surface area contributed by atoms with Crippen molar-refractivity contribution in [3.63, 3.8) is 0 Å². The first-order chi connectivity index (χ1) is 19.9. The summed E-state index contributed by atoms with van der Waals surface area (Å²) in [5.74, 6) is -0.435. The largest absolute Gasteiger partial charge is 0.387 e. The summed E-state index contributed by atoms with van der Waals surface area (Å²) >= 11 is 0. The minimum Gasteiger partial charge on any atom is -0.387 e. The zero-order valence-corrected chi connectivity index (χ0v) is 24.6. The third kappa shape index (κ3) is 7.41. The summed E-state index contributed by atoms with van der Waals surface area (Å²) in [6.45, 7) is 5.39. The van der Waals surface area contributed by atoms with Crippen LogP contribution in [-0.4, -0.2) is 113 Å². The maximum atomic E-state index is 12.0. The van der Waals surface area contributed by atoms with Gasteiger partial charge in [-0.25, -0.2) is 14.6 Å². The van der Waals surface area contributed by atoms with Gasteiger partial charge in [0, 0.05) is 32.7 Å². The van der Waals surface area contributed by atoms with E-state index in [1.54, 1.807) is 6.92 Å². The maximum Gasteiger partial charge on any atom is 0.340 e. The van der Waals surface area contributed by atoms with Gasteiger partial charge in [-0.05, 0) is 12.5 Å². The zero-order valence-electron chi connectivity index (χ0n) is 22.8. The quantitative estimate of drug-likeness (QED) is 0.141. The number of hydrogen-bond donors (Lipinski definition) is 7. The van der Waals surface area contributed by atoms with E-state index >= 15 is 0 Å². The molecule has 42 heavy (non-hydrogen) atoms. The number of piperazine rings is 1. The fourth-order valence-electron chi connectivity index (χ4n) is 5.10. The van der Waals surface area contributed by atoms with E-state index in [0.717, 1.165) is 38.3 Å². The van der Waals surface area contributed by atoms with Gasteiger partial charge in [-0.1, -0.05) is 30.3 Å². The van der Waals surface area contributed by atoms with E-state index in [-0.39, 0.29) is 6.04 Å². The Morgan fingerprint density at radius 3 is 2.52 bits per heavy atom. The van der Waals surface area contributed by atoms with Crippen LogP contribution in [0.15, 0.2) is 36.5 Å². The molecule has 2 aliphatic heterocycles. The van der Waals surface area contributed by atoms with E-state index in [9.17, 15) is 24.2 Å². The van der Waals surface area contributed by atoms with Crippen LogP contribution in [-0.2, 0) is 18.4 Å². The van der Waals surface area contributed by atoms with Gasteiger partial charge < -0.3 is 44.8 Å². The molecule has 1 unspecified atom stereocenters. The van der Waals surface area contributed by atoms with Crippen molar-refractivity contribution in [3.05, 3.63) is 47.9 Å². The Morgan fingerprint density at radius 1 is 1.12 bits per heavy atom. The third-order valence-electron chi connectivity index (χ3n) is 7.11. The number of ether oxygens (including phenoxy) is 1.